The first kappa shape index (κ1) is 9.78. The Labute approximate surface area is 89.9 Å². The van der Waals surface area contributed by atoms with Crippen molar-refractivity contribution in [3.63, 3.8) is 0 Å². The number of hydrogen-bond acceptors (Lipinski definition) is 1. The summed E-state index contributed by atoms with van der Waals surface area (Å²) < 4.78 is 0. The van der Waals surface area contributed by atoms with E-state index in [0.29, 0.717) is 5.92 Å². The zero-order valence-electron chi connectivity index (χ0n) is 8.07. The SMILES string of the molecule is O=C(S)c1ccccc1C1CCCC1. The molecule has 1 aromatic rings. The second-order valence-electron chi connectivity index (χ2n) is 3.87. The van der Waals surface area contributed by atoms with Gasteiger partial charge in [-0.05, 0) is 24.3 Å². The first-order valence-corrected chi connectivity index (χ1v) is 5.56. The van der Waals surface area contributed by atoms with Crippen molar-refractivity contribution in [1.82, 2.24) is 0 Å². The molecule has 1 fully saturated rings. The van der Waals surface area contributed by atoms with Gasteiger partial charge in [0.1, 0.15) is 0 Å². The van der Waals surface area contributed by atoms with Crippen LogP contribution in [0.15, 0.2) is 24.3 Å². The Hall–Kier alpha value is -0.760. The Morgan fingerprint density at radius 2 is 1.86 bits per heavy atom. The molecule has 0 aromatic heterocycles. The summed E-state index contributed by atoms with van der Waals surface area (Å²) in [5.41, 5.74) is 1.99. The van der Waals surface area contributed by atoms with Crippen LogP contribution in [0, 0.1) is 0 Å². The molecule has 14 heavy (non-hydrogen) atoms. The third kappa shape index (κ3) is 1.85. The number of thiol groups is 1. The molecule has 1 nitrogen and oxygen atoms in total. The predicted molar refractivity (Wildman–Crippen MR) is 61.0 cm³/mol. The van der Waals surface area contributed by atoms with Gasteiger partial charge in [-0.3, -0.25) is 4.79 Å². The standard InChI is InChI=1S/C12H14OS/c13-12(14)11-8-4-3-7-10(11)9-5-1-2-6-9/h3-4,7-9H,1-2,5-6H2,(H,13,14). The topological polar surface area (TPSA) is 17.1 Å². The molecule has 0 atom stereocenters. The lowest BCUT2D eigenvalue weighted by molar-refractivity contribution is 0.109. The van der Waals surface area contributed by atoms with Gasteiger partial charge in [0.25, 0.3) is 0 Å². The highest BCUT2D eigenvalue weighted by atomic mass is 32.1. The maximum absolute atomic E-state index is 11.3. The average Bonchev–Trinajstić information content (AvgIpc) is 2.70. The van der Waals surface area contributed by atoms with Crippen LogP contribution in [0.4, 0.5) is 0 Å². The maximum atomic E-state index is 11.3. The third-order valence-corrected chi connectivity index (χ3v) is 3.23. The van der Waals surface area contributed by atoms with E-state index in [1.165, 1.54) is 31.2 Å². The summed E-state index contributed by atoms with van der Waals surface area (Å²) in [5, 5.41) is -0.104. The molecule has 2 heteroatoms. The first-order chi connectivity index (χ1) is 6.79. The van der Waals surface area contributed by atoms with E-state index >= 15 is 0 Å². The van der Waals surface area contributed by atoms with Gasteiger partial charge in [0, 0.05) is 5.56 Å². The van der Waals surface area contributed by atoms with Crippen molar-refractivity contribution in [3.8, 4) is 0 Å². The minimum Gasteiger partial charge on any atom is -0.282 e. The Bertz CT molecular complexity index is 340. The molecular weight excluding hydrogens is 192 g/mol. The molecule has 1 saturated carbocycles. The van der Waals surface area contributed by atoms with Crippen LogP contribution < -0.4 is 0 Å². The predicted octanol–water partition coefficient (Wildman–Crippen LogP) is 3.41. The molecule has 2 rings (SSSR count). The van der Waals surface area contributed by atoms with Crippen LogP contribution in [-0.2, 0) is 0 Å². The van der Waals surface area contributed by atoms with Crippen LogP contribution in [0.2, 0.25) is 0 Å². The molecule has 1 aromatic carbocycles. The van der Waals surface area contributed by atoms with Crippen LogP contribution >= 0.6 is 12.6 Å². The zero-order chi connectivity index (χ0) is 9.97. The molecule has 0 unspecified atom stereocenters. The van der Waals surface area contributed by atoms with Gasteiger partial charge in [-0.1, -0.05) is 37.1 Å². The minimum absolute atomic E-state index is 0.104. The lowest BCUT2D eigenvalue weighted by Crippen LogP contribution is -2.01. The fourth-order valence-corrected chi connectivity index (χ4v) is 2.49. The molecule has 0 aliphatic heterocycles. The van der Waals surface area contributed by atoms with E-state index < -0.39 is 0 Å². The summed E-state index contributed by atoms with van der Waals surface area (Å²) in [4.78, 5) is 11.3. The molecule has 0 spiro atoms. The fourth-order valence-electron chi connectivity index (χ4n) is 2.28. The smallest absolute Gasteiger partial charge is 0.216 e. The van der Waals surface area contributed by atoms with Gasteiger partial charge in [-0.15, -0.1) is 12.6 Å². The van der Waals surface area contributed by atoms with Gasteiger partial charge in [0.2, 0.25) is 5.12 Å². The summed E-state index contributed by atoms with van der Waals surface area (Å²) in [6.45, 7) is 0. The van der Waals surface area contributed by atoms with Gasteiger partial charge in [-0.2, -0.15) is 0 Å². The van der Waals surface area contributed by atoms with Gasteiger partial charge >= 0.3 is 0 Å². The molecule has 0 radical (unpaired) electrons. The summed E-state index contributed by atoms with van der Waals surface area (Å²) in [5.74, 6) is 0.585. The van der Waals surface area contributed by atoms with E-state index in [2.05, 4.69) is 18.7 Å². The third-order valence-electron chi connectivity index (χ3n) is 2.99. The highest BCUT2D eigenvalue weighted by Crippen LogP contribution is 2.35. The van der Waals surface area contributed by atoms with Crippen molar-refractivity contribution in [3.05, 3.63) is 35.4 Å². The number of carbonyl (C=O) groups excluding carboxylic acids is 1. The average molecular weight is 206 g/mol. The number of carbonyl (C=O) groups is 1. The summed E-state index contributed by atoms with van der Waals surface area (Å²) in [7, 11) is 0. The van der Waals surface area contributed by atoms with E-state index in [0.717, 1.165) is 5.56 Å². The van der Waals surface area contributed by atoms with E-state index in [9.17, 15) is 4.79 Å². The first-order valence-electron chi connectivity index (χ1n) is 5.11. The van der Waals surface area contributed by atoms with Crippen LogP contribution in [0.5, 0.6) is 0 Å². The largest absolute Gasteiger partial charge is 0.282 e. The Kier molecular flexibility index (Phi) is 2.92. The fraction of sp³-hybridized carbons (Fsp3) is 0.417. The molecule has 0 N–H and O–H groups in total. The van der Waals surface area contributed by atoms with Crippen LogP contribution in [0.25, 0.3) is 0 Å². The van der Waals surface area contributed by atoms with Crippen LogP contribution in [0.3, 0.4) is 0 Å². The number of rotatable bonds is 2. The van der Waals surface area contributed by atoms with Crippen molar-refractivity contribution in [1.29, 1.82) is 0 Å². The molecule has 74 valence electrons. The maximum Gasteiger partial charge on any atom is 0.216 e. The molecular formula is C12H14OS. The van der Waals surface area contributed by atoms with E-state index in [1.807, 2.05) is 18.2 Å². The number of hydrogen-bond donors (Lipinski definition) is 1. The summed E-state index contributed by atoms with van der Waals surface area (Å²) >= 11 is 3.91. The molecule has 1 aliphatic rings. The molecule has 0 saturated heterocycles. The molecule has 1 aliphatic carbocycles. The van der Waals surface area contributed by atoms with Crippen molar-refractivity contribution in [2.75, 3.05) is 0 Å². The number of benzene rings is 1. The van der Waals surface area contributed by atoms with Crippen LogP contribution in [0.1, 0.15) is 47.5 Å². The van der Waals surface area contributed by atoms with Crippen molar-refractivity contribution in [2.24, 2.45) is 0 Å². The summed E-state index contributed by atoms with van der Waals surface area (Å²) in [6.07, 6.45) is 5.02. The second kappa shape index (κ2) is 4.18. The Balaban J connectivity index is 2.35. The highest BCUT2D eigenvalue weighted by Gasteiger charge is 2.20. The van der Waals surface area contributed by atoms with E-state index in [4.69, 9.17) is 0 Å². The second-order valence-corrected chi connectivity index (χ2v) is 4.28. The highest BCUT2D eigenvalue weighted by molar-refractivity contribution is 7.97. The zero-order valence-corrected chi connectivity index (χ0v) is 8.97. The van der Waals surface area contributed by atoms with Crippen molar-refractivity contribution >= 4 is 17.7 Å². The van der Waals surface area contributed by atoms with Gasteiger partial charge in [0.15, 0.2) is 0 Å². The Morgan fingerprint density at radius 3 is 2.50 bits per heavy atom. The molecule has 0 bridgehead atoms. The van der Waals surface area contributed by atoms with Crippen LogP contribution in [-0.4, -0.2) is 5.12 Å². The van der Waals surface area contributed by atoms with Gasteiger partial charge in [-0.25, -0.2) is 0 Å². The lowest BCUT2D eigenvalue weighted by Gasteiger charge is -2.12. The van der Waals surface area contributed by atoms with Crippen molar-refractivity contribution in [2.45, 2.75) is 31.6 Å². The quantitative estimate of drug-likeness (QED) is 0.734. The normalized spacial score (nSPS) is 17.2. The van der Waals surface area contributed by atoms with E-state index in [1.54, 1.807) is 0 Å². The summed E-state index contributed by atoms with van der Waals surface area (Å²) in [6, 6.07) is 7.86. The van der Waals surface area contributed by atoms with E-state index in [-0.39, 0.29) is 5.12 Å². The molecule has 0 amide bonds. The minimum atomic E-state index is -0.104. The monoisotopic (exact) mass is 206 g/mol. The van der Waals surface area contributed by atoms with Crippen molar-refractivity contribution < 1.29 is 4.79 Å². The van der Waals surface area contributed by atoms with Gasteiger partial charge in [0.05, 0.1) is 0 Å². The van der Waals surface area contributed by atoms with Gasteiger partial charge < -0.3 is 0 Å². The lowest BCUT2D eigenvalue weighted by atomic mass is 9.93. The molecule has 0 heterocycles. The Morgan fingerprint density at radius 1 is 1.21 bits per heavy atom.